The van der Waals surface area contributed by atoms with Gasteiger partial charge in [0, 0.05) is 18.7 Å². The van der Waals surface area contributed by atoms with E-state index < -0.39 is 17.9 Å². The first-order valence-corrected chi connectivity index (χ1v) is 7.12. The highest BCUT2D eigenvalue weighted by Gasteiger charge is 2.30. The van der Waals surface area contributed by atoms with E-state index in [9.17, 15) is 19.5 Å². The van der Waals surface area contributed by atoms with E-state index in [1.807, 2.05) is 0 Å². The van der Waals surface area contributed by atoms with Crippen molar-refractivity contribution in [3.05, 3.63) is 52.9 Å². The van der Waals surface area contributed by atoms with Crippen LogP contribution in [0, 0.1) is 6.92 Å². The van der Waals surface area contributed by atoms with E-state index in [1.54, 1.807) is 31.2 Å². The minimum atomic E-state index is -1.01. The van der Waals surface area contributed by atoms with Gasteiger partial charge in [0.25, 0.3) is 5.91 Å². The number of aromatic carboxylic acids is 1. The van der Waals surface area contributed by atoms with Gasteiger partial charge < -0.3 is 14.8 Å². The number of rotatable bonds is 3. The molecule has 7 heteroatoms. The molecule has 1 fully saturated rings. The number of nitrogens with zero attached hydrogens (tertiary/aromatic N) is 1. The van der Waals surface area contributed by atoms with Crippen LogP contribution in [0.25, 0.3) is 17.4 Å². The number of carbonyl (C=O) groups excluding carboxylic acids is 2. The number of urea groups is 1. The van der Waals surface area contributed by atoms with Crippen LogP contribution < -0.4 is 5.32 Å². The Labute approximate surface area is 137 Å². The number of likely N-dealkylation sites (N-methyl/N-ethyl adjacent to an activating group) is 1. The lowest BCUT2D eigenvalue weighted by molar-refractivity contribution is -0.121. The first-order valence-electron chi connectivity index (χ1n) is 7.12. The standard InChI is InChI=1S/C17H14N2O5/c1-9-11(4-3-5-12(9)16(21)22)14-7-6-10(24-14)8-13-15(20)19(2)17(23)18-13/h3-8H,1-2H3,(H,18,23)(H,21,22)/b13-8+. The summed E-state index contributed by atoms with van der Waals surface area (Å²) in [5.41, 5.74) is 1.56. The van der Waals surface area contributed by atoms with Crippen molar-refractivity contribution in [2.45, 2.75) is 6.92 Å². The van der Waals surface area contributed by atoms with Crippen LogP contribution in [0.2, 0.25) is 0 Å². The van der Waals surface area contributed by atoms with Crippen molar-refractivity contribution in [1.29, 1.82) is 0 Å². The minimum absolute atomic E-state index is 0.124. The van der Waals surface area contributed by atoms with Gasteiger partial charge in [-0.05, 0) is 30.7 Å². The Morgan fingerprint density at radius 1 is 1.25 bits per heavy atom. The van der Waals surface area contributed by atoms with Crippen molar-refractivity contribution < 1.29 is 23.9 Å². The van der Waals surface area contributed by atoms with Gasteiger partial charge in [0.05, 0.1) is 5.56 Å². The Morgan fingerprint density at radius 3 is 2.62 bits per heavy atom. The topological polar surface area (TPSA) is 99.9 Å². The molecule has 7 nitrogen and oxygen atoms in total. The average molecular weight is 326 g/mol. The fraction of sp³-hybridized carbons (Fsp3) is 0.118. The molecule has 3 amide bonds. The molecular weight excluding hydrogens is 312 g/mol. The number of furan rings is 1. The number of carboxylic acids is 1. The predicted octanol–water partition coefficient (Wildman–Crippen LogP) is 2.48. The van der Waals surface area contributed by atoms with Crippen LogP contribution >= 0.6 is 0 Å². The molecule has 0 saturated carbocycles. The van der Waals surface area contributed by atoms with E-state index in [0.29, 0.717) is 22.6 Å². The third kappa shape index (κ3) is 2.56. The van der Waals surface area contributed by atoms with Gasteiger partial charge in [-0.2, -0.15) is 0 Å². The molecule has 2 aromatic rings. The van der Waals surface area contributed by atoms with Gasteiger partial charge in [-0.3, -0.25) is 9.69 Å². The molecule has 0 radical (unpaired) electrons. The highest BCUT2D eigenvalue weighted by molar-refractivity contribution is 6.13. The zero-order valence-electron chi connectivity index (χ0n) is 13.0. The maximum atomic E-state index is 11.8. The molecule has 1 aliphatic rings. The Balaban J connectivity index is 1.95. The molecule has 0 atom stereocenters. The number of carbonyl (C=O) groups is 3. The van der Waals surface area contributed by atoms with E-state index in [-0.39, 0.29) is 11.3 Å². The van der Waals surface area contributed by atoms with Crippen LogP contribution in [0.15, 0.2) is 40.4 Å². The van der Waals surface area contributed by atoms with Crippen molar-refractivity contribution in [3.63, 3.8) is 0 Å². The van der Waals surface area contributed by atoms with Crippen LogP contribution in [0.5, 0.6) is 0 Å². The molecule has 1 aliphatic heterocycles. The highest BCUT2D eigenvalue weighted by atomic mass is 16.4. The molecule has 1 saturated heterocycles. The molecule has 122 valence electrons. The SMILES string of the molecule is Cc1c(C(=O)O)cccc1-c1ccc(/C=C2/NC(=O)N(C)C2=O)o1. The lowest BCUT2D eigenvalue weighted by atomic mass is 10.0. The largest absolute Gasteiger partial charge is 0.478 e. The Bertz CT molecular complexity index is 894. The second-order valence-corrected chi connectivity index (χ2v) is 5.34. The first kappa shape index (κ1) is 15.5. The van der Waals surface area contributed by atoms with Gasteiger partial charge in [0.2, 0.25) is 0 Å². The van der Waals surface area contributed by atoms with Crippen LogP contribution in [-0.2, 0) is 4.79 Å². The summed E-state index contributed by atoms with van der Waals surface area (Å²) in [4.78, 5) is 35.4. The zero-order chi connectivity index (χ0) is 17.4. The fourth-order valence-corrected chi connectivity index (χ4v) is 2.47. The predicted molar refractivity (Wildman–Crippen MR) is 85.1 cm³/mol. The molecule has 2 heterocycles. The molecule has 0 unspecified atom stereocenters. The van der Waals surface area contributed by atoms with Gasteiger partial charge in [-0.1, -0.05) is 12.1 Å². The van der Waals surface area contributed by atoms with Crippen molar-refractivity contribution >= 4 is 24.0 Å². The molecule has 3 rings (SSSR count). The molecule has 2 N–H and O–H groups in total. The number of hydrogen-bond donors (Lipinski definition) is 2. The monoisotopic (exact) mass is 326 g/mol. The fourth-order valence-electron chi connectivity index (χ4n) is 2.47. The number of hydrogen-bond acceptors (Lipinski definition) is 4. The molecule has 0 bridgehead atoms. The number of imide groups is 1. The maximum absolute atomic E-state index is 11.8. The summed E-state index contributed by atoms with van der Waals surface area (Å²) in [6.45, 7) is 1.70. The van der Waals surface area contributed by atoms with Gasteiger partial charge in [-0.25, -0.2) is 9.59 Å². The van der Waals surface area contributed by atoms with Gasteiger partial charge in [0.1, 0.15) is 17.2 Å². The molecule has 24 heavy (non-hydrogen) atoms. The van der Waals surface area contributed by atoms with Crippen molar-refractivity contribution in [2.75, 3.05) is 7.05 Å². The first-order chi connectivity index (χ1) is 11.4. The number of benzene rings is 1. The molecule has 0 aliphatic carbocycles. The lowest BCUT2D eigenvalue weighted by Gasteiger charge is -2.05. The number of carboxylic acid groups (broad SMARTS) is 1. The normalized spacial score (nSPS) is 15.9. The zero-order valence-corrected chi connectivity index (χ0v) is 13.0. The summed E-state index contributed by atoms with van der Waals surface area (Å²) in [5, 5.41) is 11.6. The minimum Gasteiger partial charge on any atom is -0.478 e. The summed E-state index contributed by atoms with van der Waals surface area (Å²) < 4.78 is 5.67. The average Bonchev–Trinajstić information content (AvgIpc) is 3.09. The van der Waals surface area contributed by atoms with Gasteiger partial charge in [-0.15, -0.1) is 0 Å². The summed E-state index contributed by atoms with van der Waals surface area (Å²) in [5.74, 6) is -0.593. The molecular formula is C17H14N2O5. The van der Waals surface area contributed by atoms with E-state index in [4.69, 9.17) is 4.42 Å². The van der Waals surface area contributed by atoms with Crippen molar-refractivity contribution in [3.8, 4) is 11.3 Å². The molecule has 1 aromatic carbocycles. The highest BCUT2D eigenvalue weighted by Crippen LogP contribution is 2.28. The van der Waals surface area contributed by atoms with E-state index >= 15 is 0 Å². The van der Waals surface area contributed by atoms with Crippen molar-refractivity contribution in [1.82, 2.24) is 10.2 Å². The lowest BCUT2D eigenvalue weighted by Crippen LogP contribution is -2.25. The van der Waals surface area contributed by atoms with Gasteiger partial charge >= 0.3 is 12.0 Å². The summed E-state index contributed by atoms with van der Waals surface area (Å²) >= 11 is 0. The smallest absolute Gasteiger partial charge is 0.335 e. The summed E-state index contributed by atoms with van der Waals surface area (Å²) in [7, 11) is 1.38. The maximum Gasteiger partial charge on any atom is 0.335 e. The summed E-state index contributed by atoms with van der Waals surface area (Å²) in [6.07, 6.45) is 1.43. The van der Waals surface area contributed by atoms with E-state index in [0.717, 1.165) is 4.90 Å². The number of amides is 3. The van der Waals surface area contributed by atoms with Gasteiger partial charge in [0.15, 0.2) is 0 Å². The Hall–Kier alpha value is -3.35. The summed E-state index contributed by atoms with van der Waals surface area (Å²) in [6, 6.07) is 7.76. The van der Waals surface area contributed by atoms with Crippen LogP contribution in [0.3, 0.4) is 0 Å². The quantitative estimate of drug-likeness (QED) is 0.667. The van der Waals surface area contributed by atoms with E-state index in [1.165, 1.54) is 19.2 Å². The Kier molecular flexibility index (Phi) is 3.69. The van der Waals surface area contributed by atoms with Crippen LogP contribution in [-0.4, -0.2) is 35.0 Å². The third-order valence-corrected chi connectivity index (χ3v) is 3.82. The number of nitrogens with one attached hydrogen (secondary N) is 1. The second kappa shape index (κ2) is 5.69. The second-order valence-electron chi connectivity index (χ2n) is 5.34. The van der Waals surface area contributed by atoms with E-state index in [2.05, 4.69) is 5.32 Å². The van der Waals surface area contributed by atoms with Crippen LogP contribution in [0.1, 0.15) is 21.7 Å². The molecule has 1 aromatic heterocycles. The molecule has 0 spiro atoms. The Morgan fingerprint density at radius 2 is 2.00 bits per heavy atom. The van der Waals surface area contributed by atoms with Crippen LogP contribution in [0.4, 0.5) is 4.79 Å². The van der Waals surface area contributed by atoms with Crippen molar-refractivity contribution in [2.24, 2.45) is 0 Å². The third-order valence-electron chi connectivity index (χ3n) is 3.82.